The molecule has 7 nitrogen and oxygen atoms in total. The summed E-state index contributed by atoms with van der Waals surface area (Å²) in [6.45, 7) is 3.83. The van der Waals surface area contributed by atoms with Crippen LogP contribution in [0.3, 0.4) is 0 Å². The molecule has 1 aromatic heterocycles. The lowest BCUT2D eigenvalue weighted by Crippen LogP contribution is -2.26. The molecule has 124 valence electrons. The first-order valence-electron chi connectivity index (χ1n) is 7.04. The van der Waals surface area contributed by atoms with Gasteiger partial charge < -0.3 is 5.32 Å². The molecule has 2 rings (SSSR count). The quantitative estimate of drug-likeness (QED) is 0.867. The largest absolute Gasteiger partial charge is 0.345 e. The van der Waals surface area contributed by atoms with Crippen molar-refractivity contribution in [2.45, 2.75) is 19.9 Å². The first kappa shape index (κ1) is 17.0. The molecule has 0 aliphatic carbocycles. The number of nitrogens with zero attached hydrogens (tertiary/aromatic N) is 2. The van der Waals surface area contributed by atoms with Gasteiger partial charge in [0.25, 0.3) is 5.91 Å². The number of nitrogens with one attached hydrogen (secondary N) is 2. The number of amides is 1. The topological polar surface area (TPSA) is 93.1 Å². The highest BCUT2D eigenvalue weighted by Crippen LogP contribution is 2.17. The second-order valence-corrected chi connectivity index (χ2v) is 7.20. The van der Waals surface area contributed by atoms with Crippen LogP contribution in [0.15, 0.2) is 30.5 Å². The van der Waals surface area contributed by atoms with E-state index in [4.69, 9.17) is 0 Å². The Morgan fingerprint density at radius 2 is 1.87 bits per heavy atom. The summed E-state index contributed by atoms with van der Waals surface area (Å²) >= 11 is 0. The van der Waals surface area contributed by atoms with E-state index in [-0.39, 0.29) is 11.9 Å². The molecule has 0 fully saturated rings. The van der Waals surface area contributed by atoms with E-state index < -0.39 is 10.0 Å². The molecule has 0 aliphatic heterocycles. The van der Waals surface area contributed by atoms with Gasteiger partial charge in [-0.1, -0.05) is 0 Å². The molecule has 0 spiro atoms. The summed E-state index contributed by atoms with van der Waals surface area (Å²) in [4.78, 5) is 12.3. The second-order valence-electron chi connectivity index (χ2n) is 5.46. The highest BCUT2D eigenvalue weighted by atomic mass is 32.2. The predicted octanol–water partition coefficient (Wildman–Crippen LogP) is 1.59. The van der Waals surface area contributed by atoms with E-state index in [0.717, 1.165) is 17.5 Å². The van der Waals surface area contributed by atoms with Gasteiger partial charge in [0.05, 0.1) is 18.5 Å². The minimum Gasteiger partial charge on any atom is -0.345 e. The lowest BCUT2D eigenvalue weighted by Gasteiger charge is -2.14. The number of sulfonamides is 1. The fraction of sp³-hybridized carbons (Fsp3) is 0.333. The molecule has 1 heterocycles. The summed E-state index contributed by atoms with van der Waals surface area (Å²) in [5, 5.41) is 7.07. The van der Waals surface area contributed by atoms with E-state index in [1.54, 1.807) is 35.1 Å². The van der Waals surface area contributed by atoms with Gasteiger partial charge in [0, 0.05) is 29.6 Å². The Morgan fingerprint density at radius 3 is 2.35 bits per heavy atom. The molecule has 0 bridgehead atoms. The van der Waals surface area contributed by atoms with Gasteiger partial charge >= 0.3 is 0 Å². The second kappa shape index (κ2) is 6.41. The highest BCUT2D eigenvalue weighted by Gasteiger charge is 2.15. The monoisotopic (exact) mass is 336 g/mol. The van der Waals surface area contributed by atoms with E-state index >= 15 is 0 Å². The molecule has 8 heteroatoms. The normalized spacial score (nSPS) is 12.7. The van der Waals surface area contributed by atoms with Crippen molar-refractivity contribution in [3.05, 3.63) is 47.3 Å². The minimum absolute atomic E-state index is 0.176. The molecular weight excluding hydrogens is 316 g/mol. The van der Waals surface area contributed by atoms with Crippen LogP contribution in [-0.4, -0.2) is 30.4 Å². The highest BCUT2D eigenvalue weighted by molar-refractivity contribution is 7.92. The van der Waals surface area contributed by atoms with Gasteiger partial charge in [0.1, 0.15) is 0 Å². The van der Waals surface area contributed by atoms with Gasteiger partial charge in [-0.3, -0.25) is 14.2 Å². The zero-order valence-electron chi connectivity index (χ0n) is 13.5. The van der Waals surface area contributed by atoms with Crippen LogP contribution >= 0.6 is 0 Å². The van der Waals surface area contributed by atoms with Gasteiger partial charge in [0.2, 0.25) is 10.0 Å². The molecule has 1 aromatic carbocycles. The third kappa shape index (κ3) is 4.32. The third-order valence-corrected chi connectivity index (χ3v) is 4.14. The van der Waals surface area contributed by atoms with Gasteiger partial charge in [-0.2, -0.15) is 5.10 Å². The number of carbonyl (C=O) groups excluding carboxylic acids is 1. The molecule has 0 radical (unpaired) electrons. The average Bonchev–Trinajstić information content (AvgIpc) is 2.78. The van der Waals surface area contributed by atoms with Crippen LogP contribution < -0.4 is 10.0 Å². The third-order valence-electron chi connectivity index (χ3n) is 3.54. The Kier molecular flexibility index (Phi) is 4.74. The average molecular weight is 336 g/mol. The van der Waals surface area contributed by atoms with Crippen molar-refractivity contribution < 1.29 is 13.2 Å². The Bertz CT molecular complexity index is 810. The molecule has 1 amide bonds. The van der Waals surface area contributed by atoms with E-state index in [1.807, 2.05) is 20.9 Å². The summed E-state index contributed by atoms with van der Waals surface area (Å²) in [6.07, 6.45) is 2.81. The SMILES string of the molecule is Cc1c([C@@H](C)NC(=O)c2ccc(NS(C)(=O)=O)cc2)cnn1C. The number of rotatable bonds is 5. The Labute approximate surface area is 135 Å². The first-order valence-corrected chi connectivity index (χ1v) is 8.94. The molecule has 0 saturated heterocycles. The number of aromatic nitrogens is 2. The maximum atomic E-state index is 12.3. The number of aryl methyl sites for hydroxylation is 1. The van der Waals surface area contributed by atoms with Crippen molar-refractivity contribution in [2.24, 2.45) is 7.05 Å². The van der Waals surface area contributed by atoms with Crippen LogP contribution in [0.25, 0.3) is 0 Å². The Morgan fingerprint density at radius 1 is 1.26 bits per heavy atom. The zero-order chi connectivity index (χ0) is 17.2. The summed E-state index contributed by atoms with van der Waals surface area (Å²) < 4.78 is 26.4. The first-order chi connectivity index (χ1) is 10.7. The fourth-order valence-corrected chi connectivity index (χ4v) is 2.77. The van der Waals surface area contributed by atoms with Gasteiger partial charge in [0.15, 0.2) is 0 Å². The van der Waals surface area contributed by atoms with Crippen LogP contribution in [0, 0.1) is 6.92 Å². The summed E-state index contributed by atoms with van der Waals surface area (Å²) in [7, 11) is -1.48. The van der Waals surface area contributed by atoms with Crippen molar-refractivity contribution >= 4 is 21.6 Å². The van der Waals surface area contributed by atoms with Crippen molar-refractivity contribution in [1.29, 1.82) is 0 Å². The lowest BCUT2D eigenvalue weighted by atomic mass is 10.1. The van der Waals surface area contributed by atoms with Crippen LogP contribution in [0.1, 0.15) is 34.6 Å². The van der Waals surface area contributed by atoms with Crippen molar-refractivity contribution in [2.75, 3.05) is 11.0 Å². The fourth-order valence-electron chi connectivity index (χ4n) is 2.20. The predicted molar refractivity (Wildman–Crippen MR) is 88.7 cm³/mol. The molecular formula is C15H20N4O3S. The molecule has 0 saturated carbocycles. The van der Waals surface area contributed by atoms with Crippen LogP contribution in [0.4, 0.5) is 5.69 Å². The number of anilines is 1. The standard InChI is InChI=1S/C15H20N4O3S/c1-10(14-9-16-19(3)11(14)2)17-15(20)12-5-7-13(8-6-12)18-23(4,21)22/h5-10,18H,1-4H3,(H,17,20)/t10-/m1/s1. The van der Waals surface area contributed by atoms with Crippen molar-refractivity contribution in [3.63, 3.8) is 0 Å². The van der Waals surface area contributed by atoms with Crippen LogP contribution in [0.5, 0.6) is 0 Å². The van der Waals surface area contributed by atoms with Crippen LogP contribution in [0.2, 0.25) is 0 Å². The van der Waals surface area contributed by atoms with Crippen molar-refractivity contribution in [1.82, 2.24) is 15.1 Å². The Hall–Kier alpha value is -2.35. The van der Waals surface area contributed by atoms with Gasteiger partial charge in [-0.25, -0.2) is 8.42 Å². The Balaban J connectivity index is 2.07. The van der Waals surface area contributed by atoms with Crippen LogP contribution in [-0.2, 0) is 17.1 Å². The molecule has 23 heavy (non-hydrogen) atoms. The molecule has 1 atom stereocenters. The summed E-state index contributed by atoms with van der Waals surface area (Å²) in [5.74, 6) is -0.230. The smallest absolute Gasteiger partial charge is 0.251 e. The molecule has 0 unspecified atom stereocenters. The maximum absolute atomic E-state index is 12.3. The molecule has 2 N–H and O–H groups in total. The van der Waals surface area contributed by atoms with E-state index in [9.17, 15) is 13.2 Å². The summed E-state index contributed by atoms with van der Waals surface area (Å²) in [5.41, 5.74) is 2.82. The maximum Gasteiger partial charge on any atom is 0.251 e. The number of carbonyl (C=O) groups is 1. The zero-order valence-corrected chi connectivity index (χ0v) is 14.3. The van der Waals surface area contributed by atoms with Crippen molar-refractivity contribution in [3.8, 4) is 0 Å². The van der Waals surface area contributed by atoms with Gasteiger partial charge in [-0.15, -0.1) is 0 Å². The number of hydrogen-bond acceptors (Lipinski definition) is 4. The van der Waals surface area contributed by atoms with E-state index in [0.29, 0.717) is 11.3 Å². The minimum atomic E-state index is -3.33. The van der Waals surface area contributed by atoms with E-state index in [2.05, 4.69) is 15.1 Å². The summed E-state index contributed by atoms with van der Waals surface area (Å²) in [6, 6.07) is 6.08. The number of hydrogen-bond donors (Lipinski definition) is 2. The van der Waals surface area contributed by atoms with E-state index in [1.165, 1.54) is 0 Å². The lowest BCUT2D eigenvalue weighted by molar-refractivity contribution is 0.0940. The molecule has 0 aliphatic rings. The number of benzene rings is 1. The molecule has 2 aromatic rings. The van der Waals surface area contributed by atoms with Gasteiger partial charge in [-0.05, 0) is 38.1 Å².